The first-order valence-corrected chi connectivity index (χ1v) is 8.98. The third kappa shape index (κ3) is 3.29. The van der Waals surface area contributed by atoms with Crippen molar-refractivity contribution in [2.75, 3.05) is 37.7 Å². The van der Waals surface area contributed by atoms with Crippen LogP contribution in [0.5, 0.6) is 0 Å². The molecule has 0 N–H and O–H groups in total. The number of hydrogen-bond donors (Lipinski definition) is 0. The van der Waals surface area contributed by atoms with E-state index in [0.29, 0.717) is 0 Å². The van der Waals surface area contributed by atoms with Crippen LogP contribution < -0.4 is 0 Å². The zero-order chi connectivity index (χ0) is 14.8. The number of rotatable bonds is 2. The zero-order valence-electron chi connectivity index (χ0n) is 12.9. The highest BCUT2D eigenvalue weighted by Crippen LogP contribution is 2.24. The van der Waals surface area contributed by atoms with Crippen LogP contribution in [0.2, 0.25) is 0 Å². The summed E-state index contributed by atoms with van der Waals surface area (Å²) in [6, 6.07) is 2.59. The molecule has 1 unspecified atom stereocenters. The Morgan fingerprint density at radius 1 is 1.29 bits per heavy atom. The van der Waals surface area contributed by atoms with E-state index < -0.39 is 0 Å². The minimum Gasteiger partial charge on any atom is -0.466 e. The van der Waals surface area contributed by atoms with Gasteiger partial charge in [-0.3, -0.25) is 9.69 Å². The summed E-state index contributed by atoms with van der Waals surface area (Å²) < 4.78 is 5.50. The fraction of sp³-hybridized carbons (Fsp3) is 0.688. The monoisotopic (exact) mass is 308 g/mol. The summed E-state index contributed by atoms with van der Waals surface area (Å²) in [6.07, 6.45) is 2.38. The van der Waals surface area contributed by atoms with Gasteiger partial charge in [0, 0.05) is 38.0 Å². The molecule has 4 nitrogen and oxygen atoms in total. The average molecular weight is 308 g/mol. The van der Waals surface area contributed by atoms with Gasteiger partial charge in [-0.05, 0) is 38.5 Å². The molecule has 2 aliphatic heterocycles. The molecule has 0 aromatic carbocycles. The SMILES string of the molecule is Cc1cc(C(=O)N2CCCN(C3CCSC3)CC2)c(C)o1. The molecule has 1 atom stereocenters. The molecule has 3 heterocycles. The summed E-state index contributed by atoms with van der Waals surface area (Å²) in [4.78, 5) is 17.2. The second-order valence-corrected chi connectivity index (χ2v) is 7.18. The number of carbonyl (C=O) groups excluding carboxylic acids is 1. The number of thioether (sulfide) groups is 1. The van der Waals surface area contributed by atoms with E-state index in [0.717, 1.165) is 55.7 Å². The third-order valence-electron chi connectivity index (χ3n) is 4.51. The normalized spacial score (nSPS) is 24.3. The van der Waals surface area contributed by atoms with Crippen molar-refractivity contribution in [3.8, 4) is 0 Å². The second kappa shape index (κ2) is 6.44. The Bertz CT molecular complexity index is 508. The lowest BCUT2D eigenvalue weighted by Crippen LogP contribution is -2.39. The van der Waals surface area contributed by atoms with Gasteiger partial charge in [0.15, 0.2) is 0 Å². The number of nitrogens with zero attached hydrogens (tertiary/aromatic N) is 2. The molecule has 0 aliphatic carbocycles. The van der Waals surface area contributed by atoms with Gasteiger partial charge in [0.1, 0.15) is 11.5 Å². The molecule has 5 heteroatoms. The van der Waals surface area contributed by atoms with E-state index in [1.807, 2.05) is 24.8 Å². The first kappa shape index (κ1) is 15.0. The Labute approximate surface area is 130 Å². The summed E-state index contributed by atoms with van der Waals surface area (Å²) in [7, 11) is 0. The number of amides is 1. The molecule has 3 rings (SSSR count). The minimum absolute atomic E-state index is 0.131. The Hall–Kier alpha value is -0.940. The molecule has 0 spiro atoms. The van der Waals surface area contributed by atoms with Crippen LogP contribution in [0.15, 0.2) is 10.5 Å². The van der Waals surface area contributed by atoms with Gasteiger partial charge in [0.05, 0.1) is 5.56 Å². The maximum absolute atomic E-state index is 12.7. The number of aryl methyl sites for hydroxylation is 2. The van der Waals surface area contributed by atoms with E-state index in [1.54, 1.807) is 0 Å². The third-order valence-corrected chi connectivity index (χ3v) is 5.66. The van der Waals surface area contributed by atoms with Crippen LogP contribution >= 0.6 is 11.8 Å². The number of hydrogen-bond acceptors (Lipinski definition) is 4. The highest BCUT2D eigenvalue weighted by atomic mass is 32.2. The summed E-state index contributed by atoms with van der Waals surface area (Å²) in [5, 5.41) is 0. The van der Waals surface area contributed by atoms with Crippen molar-refractivity contribution >= 4 is 17.7 Å². The Morgan fingerprint density at radius 3 is 2.81 bits per heavy atom. The van der Waals surface area contributed by atoms with E-state index in [9.17, 15) is 4.79 Å². The quantitative estimate of drug-likeness (QED) is 0.841. The molecular formula is C16H24N2O2S. The first-order valence-electron chi connectivity index (χ1n) is 7.83. The standard InChI is InChI=1S/C16H24N2O2S/c1-12-10-15(13(2)20-12)16(19)18-6-3-5-17(7-8-18)14-4-9-21-11-14/h10,14H,3-9,11H2,1-2H3. The van der Waals surface area contributed by atoms with Gasteiger partial charge in [0.25, 0.3) is 5.91 Å². The molecule has 21 heavy (non-hydrogen) atoms. The van der Waals surface area contributed by atoms with E-state index in [4.69, 9.17) is 4.42 Å². The summed E-state index contributed by atoms with van der Waals surface area (Å²) >= 11 is 2.06. The second-order valence-electron chi connectivity index (χ2n) is 6.03. The van der Waals surface area contributed by atoms with Crippen molar-refractivity contribution in [2.45, 2.75) is 32.7 Å². The molecule has 0 saturated carbocycles. The first-order chi connectivity index (χ1) is 10.1. The maximum atomic E-state index is 12.7. The summed E-state index contributed by atoms with van der Waals surface area (Å²) in [5.41, 5.74) is 0.734. The lowest BCUT2D eigenvalue weighted by molar-refractivity contribution is 0.0757. The van der Waals surface area contributed by atoms with Crippen LogP contribution in [0.25, 0.3) is 0 Å². The van der Waals surface area contributed by atoms with Crippen molar-refractivity contribution in [3.05, 3.63) is 23.2 Å². The highest BCUT2D eigenvalue weighted by molar-refractivity contribution is 7.99. The lowest BCUT2D eigenvalue weighted by Gasteiger charge is -2.26. The fourth-order valence-corrected chi connectivity index (χ4v) is 4.58. The molecule has 2 fully saturated rings. The predicted molar refractivity (Wildman–Crippen MR) is 86.0 cm³/mol. The van der Waals surface area contributed by atoms with Crippen molar-refractivity contribution in [1.82, 2.24) is 9.80 Å². The van der Waals surface area contributed by atoms with Crippen LogP contribution in [0.3, 0.4) is 0 Å². The van der Waals surface area contributed by atoms with Crippen molar-refractivity contribution in [1.29, 1.82) is 0 Å². The van der Waals surface area contributed by atoms with E-state index in [1.165, 1.54) is 17.9 Å². The maximum Gasteiger partial charge on any atom is 0.257 e. The number of furan rings is 1. The Kier molecular flexibility index (Phi) is 4.60. The van der Waals surface area contributed by atoms with E-state index in [2.05, 4.69) is 16.7 Å². The largest absolute Gasteiger partial charge is 0.466 e. The number of carbonyl (C=O) groups is 1. The molecule has 1 aromatic heterocycles. The molecule has 0 bridgehead atoms. The van der Waals surface area contributed by atoms with Gasteiger partial charge in [-0.25, -0.2) is 0 Å². The minimum atomic E-state index is 0.131. The predicted octanol–water partition coefficient (Wildman–Crippen LogP) is 2.55. The summed E-state index contributed by atoms with van der Waals surface area (Å²) in [6.45, 7) is 7.60. The van der Waals surface area contributed by atoms with Gasteiger partial charge in [-0.15, -0.1) is 0 Å². The Balaban J connectivity index is 1.64. The van der Waals surface area contributed by atoms with Gasteiger partial charge < -0.3 is 9.32 Å². The van der Waals surface area contributed by atoms with Crippen molar-refractivity contribution in [3.63, 3.8) is 0 Å². The van der Waals surface area contributed by atoms with Gasteiger partial charge in [-0.1, -0.05) is 0 Å². The average Bonchev–Trinajstić information content (AvgIpc) is 3.02. The lowest BCUT2D eigenvalue weighted by atomic mass is 10.2. The van der Waals surface area contributed by atoms with Crippen LogP contribution in [-0.2, 0) is 0 Å². The van der Waals surface area contributed by atoms with Crippen LogP contribution in [0.1, 0.15) is 34.7 Å². The van der Waals surface area contributed by atoms with Crippen LogP contribution in [0, 0.1) is 13.8 Å². The van der Waals surface area contributed by atoms with Crippen molar-refractivity contribution < 1.29 is 9.21 Å². The van der Waals surface area contributed by atoms with Gasteiger partial charge in [0.2, 0.25) is 0 Å². The smallest absolute Gasteiger partial charge is 0.257 e. The van der Waals surface area contributed by atoms with Gasteiger partial charge in [-0.2, -0.15) is 11.8 Å². The molecule has 116 valence electrons. The van der Waals surface area contributed by atoms with Gasteiger partial charge >= 0.3 is 0 Å². The summed E-state index contributed by atoms with van der Waals surface area (Å²) in [5.74, 6) is 4.23. The molecule has 0 radical (unpaired) electrons. The van der Waals surface area contributed by atoms with Crippen molar-refractivity contribution in [2.24, 2.45) is 0 Å². The van der Waals surface area contributed by atoms with E-state index >= 15 is 0 Å². The highest BCUT2D eigenvalue weighted by Gasteiger charge is 2.27. The van der Waals surface area contributed by atoms with Crippen LogP contribution in [-0.4, -0.2) is 59.4 Å². The molecular weight excluding hydrogens is 284 g/mol. The zero-order valence-corrected chi connectivity index (χ0v) is 13.7. The topological polar surface area (TPSA) is 36.7 Å². The molecule has 1 amide bonds. The molecule has 2 aliphatic rings. The molecule has 2 saturated heterocycles. The Morgan fingerprint density at radius 2 is 2.14 bits per heavy atom. The van der Waals surface area contributed by atoms with E-state index in [-0.39, 0.29) is 5.91 Å². The fourth-order valence-electron chi connectivity index (χ4n) is 3.33. The van der Waals surface area contributed by atoms with Crippen LogP contribution in [0.4, 0.5) is 0 Å². The molecule has 1 aromatic rings.